The Hall–Kier alpha value is -3.31. The molecule has 0 spiro atoms. The Bertz CT molecular complexity index is 1250. The van der Waals surface area contributed by atoms with Gasteiger partial charge in [0.05, 0.1) is 6.04 Å². The molecule has 3 aromatic carbocycles. The van der Waals surface area contributed by atoms with E-state index in [0.717, 1.165) is 28.2 Å². The molecule has 3 aromatic rings. The van der Waals surface area contributed by atoms with Crippen LogP contribution in [0.5, 0.6) is 0 Å². The minimum absolute atomic E-state index is 0.0331. The SMILES string of the molecule is CC(=O)N(c1ccc(Cl)cc1)[C@H]1C[C@@H](C)N(C(=O)c2ccc(N(C)C)cc2)c2cc(C(C)C)ccc21. The normalized spacial score (nSPS) is 17.1. The van der Waals surface area contributed by atoms with Crippen LogP contribution < -0.4 is 14.7 Å². The van der Waals surface area contributed by atoms with Crippen molar-refractivity contribution < 1.29 is 9.59 Å². The lowest BCUT2D eigenvalue weighted by molar-refractivity contribution is -0.117. The molecule has 1 heterocycles. The molecule has 0 N–H and O–H groups in total. The van der Waals surface area contributed by atoms with Crippen LogP contribution in [-0.2, 0) is 4.79 Å². The third-order valence-electron chi connectivity index (χ3n) is 6.95. The fourth-order valence-corrected chi connectivity index (χ4v) is 5.11. The zero-order chi connectivity index (χ0) is 26.1. The smallest absolute Gasteiger partial charge is 0.258 e. The summed E-state index contributed by atoms with van der Waals surface area (Å²) in [5, 5.41) is 0.623. The molecule has 6 heteroatoms. The van der Waals surface area contributed by atoms with Crippen molar-refractivity contribution in [1.29, 1.82) is 0 Å². The quantitative estimate of drug-likeness (QED) is 0.374. The molecular weight excluding hydrogens is 470 g/mol. The molecule has 4 rings (SSSR count). The summed E-state index contributed by atoms with van der Waals surface area (Å²) in [6.45, 7) is 7.94. The second kappa shape index (κ2) is 10.4. The van der Waals surface area contributed by atoms with Crippen molar-refractivity contribution in [3.63, 3.8) is 0 Å². The van der Waals surface area contributed by atoms with Crippen LogP contribution in [0.25, 0.3) is 0 Å². The van der Waals surface area contributed by atoms with Gasteiger partial charge in [-0.3, -0.25) is 9.59 Å². The number of fused-ring (bicyclic) bond motifs is 1. The number of nitrogens with zero attached hydrogens (tertiary/aromatic N) is 3. The van der Waals surface area contributed by atoms with Crippen LogP contribution >= 0.6 is 11.6 Å². The molecule has 2 atom stereocenters. The van der Waals surface area contributed by atoms with Crippen LogP contribution in [0.3, 0.4) is 0 Å². The molecule has 0 fully saturated rings. The van der Waals surface area contributed by atoms with Crippen LogP contribution in [0.15, 0.2) is 66.7 Å². The van der Waals surface area contributed by atoms with Gasteiger partial charge in [0.2, 0.25) is 5.91 Å². The third-order valence-corrected chi connectivity index (χ3v) is 7.20. The standard InChI is InChI=1S/C30H34ClN3O2/c1-19(2)23-9-16-27-28(34(21(4)35)26-14-10-24(31)11-15-26)17-20(3)33(29(27)18-23)30(36)22-7-12-25(13-8-22)32(5)6/h7-16,18-20,28H,17H2,1-6H3/t20-,28+/m1/s1. The van der Waals surface area contributed by atoms with E-state index in [1.165, 1.54) is 0 Å². The van der Waals surface area contributed by atoms with Crippen molar-refractivity contribution in [2.24, 2.45) is 0 Å². The van der Waals surface area contributed by atoms with Crippen LogP contribution in [0.4, 0.5) is 17.1 Å². The topological polar surface area (TPSA) is 43.9 Å². The van der Waals surface area contributed by atoms with Crippen molar-refractivity contribution in [2.75, 3.05) is 28.8 Å². The van der Waals surface area contributed by atoms with Gasteiger partial charge < -0.3 is 14.7 Å². The van der Waals surface area contributed by atoms with Gasteiger partial charge in [-0.15, -0.1) is 0 Å². The number of hydrogen-bond donors (Lipinski definition) is 0. The number of halogens is 1. The van der Waals surface area contributed by atoms with E-state index in [-0.39, 0.29) is 23.9 Å². The van der Waals surface area contributed by atoms with Crippen LogP contribution in [0.1, 0.15) is 67.6 Å². The number of rotatable bonds is 5. The average molecular weight is 504 g/mol. The molecule has 0 saturated heterocycles. The highest BCUT2D eigenvalue weighted by molar-refractivity contribution is 6.30. The molecule has 2 amide bonds. The van der Waals surface area contributed by atoms with Gasteiger partial charge in [0.15, 0.2) is 0 Å². The maximum atomic E-state index is 13.9. The van der Waals surface area contributed by atoms with Gasteiger partial charge in [-0.25, -0.2) is 0 Å². The first-order chi connectivity index (χ1) is 17.1. The van der Waals surface area contributed by atoms with Gasteiger partial charge in [0.25, 0.3) is 5.91 Å². The summed E-state index contributed by atoms with van der Waals surface area (Å²) in [6.07, 6.45) is 0.623. The van der Waals surface area contributed by atoms with E-state index >= 15 is 0 Å². The second-order valence-corrected chi connectivity index (χ2v) is 10.5. The van der Waals surface area contributed by atoms with Gasteiger partial charge in [0.1, 0.15) is 0 Å². The highest BCUT2D eigenvalue weighted by Gasteiger charge is 2.38. The molecule has 0 unspecified atom stereocenters. The Labute approximate surface area is 219 Å². The predicted octanol–water partition coefficient (Wildman–Crippen LogP) is 7.06. The Balaban J connectivity index is 1.81. The lowest BCUT2D eigenvalue weighted by atomic mass is 9.87. The molecule has 188 valence electrons. The fourth-order valence-electron chi connectivity index (χ4n) is 4.98. The largest absolute Gasteiger partial charge is 0.378 e. The van der Waals surface area contributed by atoms with Crippen molar-refractivity contribution >= 4 is 40.5 Å². The second-order valence-electron chi connectivity index (χ2n) is 10.1. The molecule has 1 aliphatic heterocycles. The molecule has 0 aliphatic carbocycles. The number of hydrogen-bond acceptors (Lipinski definition) is 3. The lowest BCUT2D eigenvalue weighted by Gasteiger charge is -2.43. The Morgan fingerprint density at radius 3 is 2.11 bits per heavy atom. The van der Waals surface area contributed by atoms with E-state index in [4.69, 9.17) is 11.6 Å². The molecular formula is C30H34ClN3O2. The summed E-state index contributed by atoms with van der Waals surface area (Å²) >= 11 is 6.12. The minimum atomic E-state index is -0.199. The van der Waals surface area contributed by atoms with E-state index < -0.39 is 0 Å². The number of benzene rings is 3. The van der Waals surface area contributed by atoms with Crippen molar-refractivity contribution in [3.05, 3.63) is 88.4 Å². The zero-order valence-electron chi connectivity index (χ0n) is 21.8. The summed E-state index contributed by atoms with van der Waals surface area (Å²) in [7, 11) is 3.96. The summed E-state index contributed by atoms with van der Waals surface area (Å²) in [4.78, 5) is 32.6. The van der Waals surface area contributed by atoms with E-state index in [1.807, 2.05) is 65.2 Å². The van der Waals surface area contributed by atoms with Gasteiger partial charge in [0, 0.05) is 54.7 Å². The van der Waals surface area contributed by atoms with Gasteiger partial charge in [-0.1, -0.05) is 37.6 Å². The Morgan fingerprint density at radius 1 is 0.944 bits per heavy atom. The van der Waals surface area contributed by atoms with Crippen molar-refractivity contribution in [1.82, 2.24) is 0 Å². The molecule has 36 heavy (non-hydrogen) atoms. The minimum Gasteiger partial charge on any atom is -0.378 e. The van der Waals surface area contributed by atoms with E-state index in [1.54, 1.807) is 19.1 Å². The lowest BCUT2D eigenvalue weighted by Crippen LogP contribution is -2.47. The molecule has 1 aliphatic rings. The average Bonchev–Trinajstić information content (AvgIpc) is 2.84. The molecule has 0 bridgehead atoms. The molecule has 0 aromatic heterocycles. The number of carbonyl (C=O) groups is 2. The number of anilines is 3. The molecule has 0 radical (unpaired) electrons. The maximum absolute atomic E-state index is 13.9. The van der Waals surface area contributed by atoms with E-state index in [9.17, 15) is 9.59 Å². The predicted molar refractivity (Wildman–Crippen MR) is 150 cm³/mol. The first-order valence-corrected chi connectivity index (χ1v) is 12.8. The summed E-state index contributed by atoms with van der Waals surface area (Å²) in [5.74, 6) is 0.226. The highest BCUT2D eigenvalue weighted by atomic mass is 35.5. The van der Waals surface area contributed by atoms with Crippen LogP contribution in [-0.4, -0.2) is 32.0 Å². The first-order valence-electron chi connectivity index (χ1n) is 12.4. The van der Waals surface area contributed by atoms with Gasteiger partial charge >= 0.3 is 0 Å². The molecule has 0 saturated carbocycles. The van der Waals surface area contributed by atoms with E-state index in [0.29, 0.717) is 22.9 Å². The van der Waals surface area contributed by atoms with Crippen molar-refractivity contribution in [2.45, 2.75) is 52.1 Å². The monoisotopic (exact) mass is 503 g/mol. The maximum Gasteiger partial charge on any atom is 0.258 e. The van der Waals surface area contributed by atoms with Crippen molar-refractivity contribution in [3.8, 4) is 0 Å². The van der Waals surface area contributed by atoms with Crippen LogP contribution in [0.2, 0.25) is 5.02 Å². The number of carbonyl (C=O) groups excluding carboxylic acids is 2. The summed E-state index contributed by atoms with van der Waals surface area (Å²) < 4.78 is 0. The van der Waals surface area contributed by atoms with Crippen LogP contribution in [0, 0.1) is 0 Å². The third kappa shape index (κ3) is 4.98. The van der Waals surface area contributed by atoms with E-state index in [2.05, 4.69) is 39.0 Å². The number of amides is 2. The molecule has 5 nitrogen and oxygen atoms in total. The Kier molecular flexibility index (Phi) is 7.41. The first kappa shape index (κ1) is 25.8. The Morgan fingerprint density at radius 2 is 1.56 bits per heavy atom. The highest BCUT2D eigenvalue weighted by Crippen LogP contribution is 2.44. The summed E-state index contributed by atoms with van der Waals surface area (Å²) in [6, 6.07) is 21.1. The van der Waals surface area contributed by atoms with Gasteiger partial charge in [-0.2, -0.15) is 0 Å². The summed E-state index contributed by atoms with van der Waals surface area (Å²) in [5.41, 5.74) is 5.48. The zero-order valence-corrected chi connectivity index (χ0v) is 22.6. The fraction of sp³-hybridized carbons (Fsp3) is 0.333. The van der Waals surface area contributed by atoms with Gasteiger partial charge in [-0.05, 0) is 85.0 Å².